The van der Waals surface area contributed by atoms with Crippen LogP contribution in [0.15, 0.2) is 30.3 Å². The van der Waals surface area contributed by atoms with Crippen LogP contribution in [-0.2, 0) is 8.85 Å². The SMILES string of the molecule is CCO[Si](OCC)(C1CCC1)C1CC(c2ccccc2)C1. The van der Waals surface area contributed by atoms with Crippen LogP contribution in [-0.4, -0.2) is 21.8 Å². The van der Waals surface area contributed by atoms with Gasteiger partial charge in [0.2, 0.25) is 0 Å². The van der Waals surface area contributed by atoms with Gasteiger partial charge in [-0.2, -0.15) is 0 Å². The van der Waals surface area contributed by atoms with Crippen LogP contribution in [0.1, 0.15) is 57.4 Å². The van der Waals surface area contributed by atoms with E-state index in [1.165, 1.54) is 37.7 Å². The van der Waals surface area contributed by atoms with Crippen molar-refractivity contribution in [2.75, 3.05) is 13.2 Å². The Bertz CT molecular complexity index is 432. The van der Waals surface area contributed by atoms with Crippen LogP contribution < -0.4 is 0 Å². The fourth-order valence-corrected chi connectivity index (χ4v) is 9.09. The van der Waals surface area contributed by atoms with Crippen molar-refractivity contribution in [2.45, 2.75) is 63.0 Å². The Kier molecular flexibility index (Phi) is 4.82. The predicted octanol–water partition coefficient (Wildman–Crippen LogP) is 5.00. The molecule has 21 heavy (non-hydrogen) atoms. The number of benzene rings is 1. The molecule has 2 aliphatic rings. The molecule has 0 bridgehead atoms. The first-order valence-electron chi connectivity index (χ1n) is 8.63. The van der Waals surface area contributed by atoms with E-state index in [1.54, 1.807) is 0 Å². The third-order valence-electron chi connectivity index (χ3n) is 5.39. The van der Waals surface area contributed by atoms with Gasteiger partial charge in [0.15, 0.2) is 0 Å². The van der Waals surface area contributed by atoms with Crippen LogP contribution in [0.3, 0.4) is 0 Å². The smallest absolute Gasteiger partial charge is 0.344 e. The standard InChI is InChI=1S/C18H28O2Si/c1-3-19-21(20-4-2,17-11-8-12-17)18-13-16(14-18)15-9-6-5-7-10-15/h5-7,9-10,16-18H,3-4,8,11-14H2,1-2H3. The molecular formula is C18H28O2Si. The minimum absolute atomic E-state index is 0.702. The van der Waals surface area contributed by atoms with Gasteiger partial charge in [0.1, 0.15) is 0 Å². The summed E-state index contributed by atoms with van der Waals surface area (Å²) in [5.41, 5.74) is 2.95. The first kappa shape index (κ1) is 15.3. The van der Waals surface area contributed by atoms with Crippen LogP contribution in [0.25, 0.3) is 0 Å². The molecule has 0 spiro atoms. The minimum atomic E-state index is -2.00. The van der Waals surface area contributed by atoms with Gasteiger partial charge in [-0.3, -0.25) is 0 Å². The van der Waals surface area contributed by atoms with Crippen molar-refractivity contribution in [3.8, 4) is 0 Å². The fourth-order valence-electron chi connectivity index (χ4n) is 4.05. The van der Waals surface area contributed by atoms with E-state index in [0.29, 0.717) is 5.54 Å². The van der Waals surface area contributed by atoms with E-state index >= 15 is 0 Å². The van der Waals surface area contributed by atoms with Crippen LogP contribution in [0.4, 0.5) is 0 Å². The molecule has 0 amide bonds. The molecule has 2 aliphatic carbocycles. The highest BCUT2D eigenvalue weighted by atomic mass is 28.4. The fraction of sp³-hybridized carbons (Fsp3) is 0.667. The second kappa shape index (κ2) is 6.63. The van der Waals surface area contributed by atoms with E-state index in [-0.39, 0.29) is 0 Å². The van der Waals surface area contributed by atoms with Gasteiger partial charge in [-0.25, -0.2) is 0 Å². The van der Waals surface area contributed by atoms with Crippen molar-refractivity contribution < 1.29 is 8.85 Å². The Morgan fingerprint density at radius 1 is 0.952 bits per heavy atom. The van der Waals surface area contributed by atoms with Crippen LogP contribution in [0.5, 0.6) is 0 Å². The van der Waals surface area contributed by atoms with E-state index in [2.05, 4.69) is 44.2 Å². The molecule has 0 heterocycles. The third-order valence-corrected chi connectivity index (χ3v) is 10.2. The number of hydrogen-bond acceptors (Lipinski definition) is 2. The van der Waals surface area contributed by atoms with E-state index < -0.39 is 8.56 Å². The maximum absolute atomic E-state index is 6.38. The summed E-state index contributed by atoms with van der Waals surface area (Å²) in [5, 5.41) is 0. The highest BCUT2D eigenvalue weighted by Gasteiger charge is 2.57. The lowest BCUT2D eigenvalue weighted by molar-refractivity contribution is 0.129. The predicted molar refractivity (Wildman–Crippen MR) is 88.8 cm³/mol. The Morgan fingerprint density at radius 2 is 1.57 bits per heavy atom. The Labute approximate surface area is 130 Å². The molecule has 2 nitrogen and oxygen atoms in total. The average molecular weight is 305 g/mol. The second-order valence-corrected chi connectivity index (χ2v) is 10.1. The Hall–Kier alpha value is -0.643. The zero-order valence-electron chi connectivity index (χ0n) is 13.4. The van der Waals surface area contributed by atoms with E-state index in [1.807, 2.05) is 0 Å². The lowest BCUT2D eigenvalue weighted by Crippen LogP contribution is -2.56. The first-order chi connectivity index (χ1) is 10.3. The molecule has 0 atom stereocenters. The lowest BCUT2D eigenvalue weighted by Gasteiger charge is -2.51. The molecule has 3 heteroatoms. The van der Waals surface area contributed by atoms with Crippen LogP contribution in [0, 0.1) is 0 Å². The molecular weight excluding hydrogens is 276 g/mol. The monoisotopic (exact) mass is 304 g/mol. The van der Waals surface area contributed by atoms with E-state index in [0.717, 1.165) is 24.7 Å². The summed E-state index contributed by atoms with van der Waals surface area (Å²) in [6.07, 6.45) is 6.57. The number of rotatable bonds is 7. The average Bonchev–Trinajstić information content (AvgIpc) is 2.36. The molecule has 0 unspecified atom stereocenters. The molecule has 3 rings (SSSR count). The summed E-state index contributed by atoms with van der Waals surface area (Å²) in [6.45, 7) is 5.89. The van der Waals surface area contributed by atoms with Crippen molar-refractivity contribution in [1.29, 1.82) is 0 Å². The van der Waals surface area contributed by atoms with Gasteiger partial charge in [0, 0.05) is 24.3 Å². The molecule has 0 aliphatic heterocycles. The number of hydrogen-bond donors (Lipinski definition) is 0. The summed E-state index contributed by atoms with van der Waals surface area (Å²) < 4.78 is 12.8. The molecule has 116 valence electrons. The highest BCUT2D eigenvalue weighted by Crippen LogP contribution is 2.58. The van der Waals surface area contributed by atoms with Gasteiger partial charge in [-0.15, -0.1) is 0 Å². The van der Waals surface area contributed by atoms with Crippen LogP contribution in [0.2, 0.25) is 11.1 Å². The molecule has 1 aromatic rings. The highest BCUT2D eigenvalue weighted by molar-refractivity contribution is 6.71. The van der Waals surface area contributed by atoms with Gasteiger partial charge in [0.25, 0.3) is 0 Å². The van der Waals surface area contributed by atoms with Gasteiger partial charge in [0.05, 0.1) is 0 Å². The third kappa shape index (κ3) is 2.83. The summed E-state index contributed by atoms with van der Waals surface area (Å²) in [5.74, 6) is 0.726. The second-order valence-electron chi connectivity index (χ2n) is 6.49. The van der Waals surface area contributed by atoms with Gasteiger partial charge < -0.3 is 8.85 Å². The molecule has 1 aromatic carbocycles. The summed E-state index contributed by atoms with van der Waals surface area (Å²) in [4.78, 5) is 0. The van der Waals surface area contributed by atoms with Crippen molar-refractivity contribution in [1.82, 2.24) is 0 Å². The summed E-state index contributed by atoms with van der Waals surface area (Å²) in [7, 11) is -2.00. The molecule has 0 aromatic heterocycles. The molecule has 0 saturated heterocycles. The van der Waals surface area contributed by atoms with E-state index in [9.17, 15) is 0 Å². The lowest BCUT2D eigenvalue weighted by atomic mass is 9.79. The van der Waals surface area contributed by atoms with Crippen molar-refractivity contribution in [3.05, 3.63) is 35.9 Å². The van der Waals surface area contributed by atoms with Crippen molar-refractivity contribution >= 4 is 8.56 Å². The largest absolute Gasteiger partial charge is 0.394 e. The normalized spacial score (nSPS) is 26.2. The van der Waals surface area contributed by atoms with Crippen molar-refractivity contribution in [3.63, 3.8) is 0 Å². The van der Waals surface area contributed by atoms with Crippen LogP contribution >= 0.6 is 0 Å². The molecule has 2 fully saturated rings. The Balaban J connectivity index is 1.70. The minimum Gasteiger partial charge on any atom is -0.394 e. The zero-order valence-corrected chi connectivity index (χ0v) is 14.4. The van der Waals surface area contributed by atoms with Gasteiger partial charge in [-0.1, -0.05) is 36.8 Å². The van der Waals surface area contributed by atoms with Gasteiger partial charge in [-0.05, 0) is 51.0 Å². The van der Waals surface area contributed by atoms with Gasteiger partial charge >= 0.3 is 8.56 Å². The molecule has 0 radical (unpaired) electrons. The summed E-state index contributed by atoms with van der Waals surface area (Å²) >= 11 is 0. The first-order valence-corrected chi connectivity index (χ1v) is 10.6. The molecule has 0 N–H and O–H groups in total. The zero-order chi connectivity index (χ0) is 14.7. The quantitative estimate of drug-likeness (QED) is 0.660. The maximum Gasteiger partial charge on any atom is 0.344 e. The molecule has 2 saturated carbocycles. The topological polar surface area (TPSA) is 18.5 Å². The van der Waals surface area contributed by atoms with E-state index in [4.69, 9.17) is 8.85 Å². The Morgan fingerprint density at radius 3 is 2.05 bits per heavy atom. The maximum atomic E-state index is 6.38. The van der Waals surface area contributed by atoms with Crippen molar-refractivity contribution in [2.24, 2.45) is 0 Å². The summed E-state index contributed by atoms with van der Waals surface area (Å²) in [6, 6.07) is 11.0.